The van der Waals surface area contributed by atoms with Gasteiger partial charge in [-0.3, -0.25) is 4.98 Å². The monoisotopic (exact) mass is 382 g/mol. The van der Waals surface area contributed by atoms with Crippen molar-refractivity contribution in [3.63, 3.8) is 0 Å². The van der Waals surface area contributed by atoms with Crippen LogP contribution in [0.3, 0.4) is 0 Å². The fourth-order valence-corrected chi connectivity index (χ4v) is 3.25. The number of benzene rings is 2. The first kappa shape index (κ1) is 16.6. The number of ether oxygens (including phenoxy) is 1. The van der Waals surface area contributed by atoms with E-state index in [1.54, 1.807) is 42.6 Å². The van der Waals surface area contributed by atoms with E-state index >= 15 is 0 Å². The van der Waals surface area contributed by atoms with Crippen molar-refractivity contribution >= 4 is 40.1 Å². The molecule has 4 rings (SSSR count). The molecule has 0 aliphatic heterocycles. The molecule has 4 aromatic rings. The van der Waals surface area contributed by atoms with Gasteiger partial charge in [-0.15, -0.1) is 0 Å². The third kappa shape index (κ3) is 3.05. The standard InChI is InChI=1S/C20H12Cl2N2O2/c21-16-12-17(22)19(18-15(16)7-4-8-23-18)26-20(25)13-5-3-6-14(11-13)24-9-1-2-10-24/h1-12H. The zero-order valence-electron chi connectivity index (χ0n) is 13.4. The number of fused-ring (bicyclic) bond motifs is 1. The van der Waals surface area contributed by atoms with Gasteiger partial charge in [0.2, 0.25) is 0 Å². The molecule has 128 valence electrons. The summed E-state index contributed by atoms with van der Waals surface area (Å²) in [5.41, 5.74) is 1.71. The molecule has 0 fully saturated rings. The van der Waals surface area contributed by atoms with Crippen molar-refractivity contribution in [2.24, 2.45) is 0 Å². The molecule has 0 aliphatic rings. The van der Waals surface area contributed by atoms with Crippen molar-refractivity contribution in [3.8, 4) is 11.4 Å². The summed E-state index contributed by atoms with van der Waals surface area (Å²) in [6, 6.07) is 16.1. The molecule has 0 amide bonds. The molecule has 0 aliphatic carbocycles. The van der Waals surface area contributed by atoms with E-state index in [1.807, 2.05) is 35.2 Å². The van der Waals surface area contributed by atoms with Crippen LogP contribution < -0.4 is 4.74 Å². The molecule has 0 bridgehead atoms. The molecule has 6 heteroatoms. The number of rotatable bonds is 3. The van der Waals surface area contributed by atoms with Gasteiger partial charge in [-0.1, -0.05) is 29.3 Å². The van der Waals surface area contributed by atoms with E-state index in [9.17, 15) is 4.79 Å². The normalized spacial score (nSPS) is 10.8. The van der Waals surface area contributed by atoms with Gasteiger partial charge in [0.25, 0.3) is 0 Å². The molecule has 0 N–H and O–H groups in total. The Hall–Kier alpha value is -2.82. The number of carbonyl (C=O) groups is 1. The van der Waals surface area contributed by atoms with Crippen LogP contribution in [-0.2, 0) is 0 Å². The summed E-state index contributed by atoms with van der Waals surface area (Å²) >= 11 is 12.4. The van der Waals surface area contributed by atoms with Gasteiger partial charge in [-0.2, -0.15) is 0 Å². The number of hydrogen-bond donors (Lipinski definition) is 0. The topological polar surface area (TPSA) is 44.1 Å². The molecule has 2 aromatic heterocycles. The second-order valence-electron chi connectivity index (χ2n) is 5.60. The Kier molecular flexibility index (Phi) is 4.37. The Morgan fingerprint density at radius 1 is 0.962 bits per heavy atom. The maximum atomic E-state index is 12.7. The predicted molar refractivity (Wildman–Crippen MR) is 102 cm³/mol. The molecule has 0 atom stereocenters. The third-order valence-corrected chi connectivity index (χ3v) is 4.52. The summed E-state index contributed by atoms with van der Waals surface area (Å²) in [4.78, 5) is 16.9. The van der Waals surface area contributed by atoms with Crippen LogP contribution in [0.1, 0.15) is 10.4 Å². The van der Waals surface area contributed by atoms with Crippen LogP contribution in [0.15, 0.2) is 73.2 Å². The number of pyridine rings is 1. The maximum absolute atomic E-state index is 12.7. The lowest BCUT2D eigenvalue weighted by atomic mass is 10.2. The van der Waals surface area contributed by atoms with E-state index in [1.165, 1.54) is 0 Å². The maximum Gasteiger partial charge on any atom is 0.343 e. The Balaban J connectivity index is 1.72. The first-order valence-corrected chi connectivity index (χ1v) is 8.57. The Bertz CT molecular complexity index is 1110. The molecule has 2 heterocycles. The Labute approximate surface area is 159 Å². The van der Waals surface area contributed by atoms with Gasteiger partial charge in [0.05, 0.1) is 15.6 Å². The van der Waals surface area contributed by atoms with Crippen molar-refractivity contribution in [2.45, 2.75) is 0 Å². The van der Waals surface area contributed by atoms with E-state index in [2.05, 4.69) is 4.98 Å². The van der Waals surface area contributed by atoms with Crippen molar-refractivity contribution in [3.05, 3.63) is 88.8 Å². The molecule has 0 saturated heterocycles. The quantitative estimate of drug-likeness (QED) is 0.344. The number of hydrogen-bond acceptors (Lipinski definition) is 3. The molecule has 4 nitrogen and oxygen atoms in total. The highest BCUT2D eigenvalue weighted by atomic mass is 35.5. The predicted octanol–water partition coefficient (Wildman–Crippen LogP) is 5.55. The van der Waals surface area contributed by atoms with Crippen molar-refractivity contribution in [1.82, 2.24) is 9.55 Å². The number of carbonyl (C=O) groups excluding carboxylic acids is 1. The molecular weight excluding hydrogens is 371 g/mol. The highest BCUT2D eigenvalue weighted by molar-refractivity contribution is 6.39. The summed E-state index contributed by atoms with van der Waals surface area (Å²) < 4.78 is 7.48. The van der Waals surface area contributed by atoms with Gasteiger partial charge in [0, 0.05) is 29.7 Å². The number of nitrogens with zero attached hydrogens (tertiary/aromatic N) is 2. The number of esters is 1. The van der Waals surface area contributed by atoms with E-state index in [-0.39, 0.29) is 10.8 Å². The summed E-state index contributed by atoms with van der Waals surface area (Å²) in [5, 5.41) is 1.35. The lowest BCUT2D eigenvalue weighted by molar-refractivity contribution is 0.0737. The summed E-state index contributed by atoms with van der Waals surface area (Å²) in [7, 11) is 0. The van der Waals surface area contributed by atoms with Gasteiger partial charge in [0.15, 0.2) is 5.75 Å². The fraction of sp³-hybridized carbons (Fsp3) is 0. The first-order chi connectivity index (χ1) is 12.6. The molecular formula is C20H12Cl2N2O2. The lowest BCUT2D eigenvalue weighted by Gasteiger charge is -2.11. The second-order valence-corrected chi connectivity index (χ2v) is 6.41. The molecule has 0 radical (unpaired) electrons. The van der Waals surface area contributed by atoms with Gasteiger partial charge >= 0.3 is 5.97 Å². The van der Waals surface area contributed by atoms with Crippen LogP contribution >= 0.6 is 23.2 Å². The molecule has 0 unspecified atom stereocenters. The van der Waals surface area contributed by atoms with Crippen molar-refractivity contribution in [1.29, 1.82) is 0 Å². The number of halogens is 2. The van der Waals surface area contributed by atoms with Gasteiger partial charge < -0.3 is 9.30 Å². The van der Waals surface area contributed by atoms with Crippen LogP contribution in [-0.4, -0.2) is 15.5 Å². The largest absolute Gasteiger partial charge is 0.419 e. The minimum Gasteiger partial charge on any atom is -0.419 e. The zero-order valence-corrected chi connectivity index (χ0v) is 14.9. The van der Waals surface area contributed by atoms with Crippen LogP contribution in [0.5, 0.6) is 5.75 Å². The van der Waals surface area contributed by atoms with Gasteiger partial charge in [-0.05, 0) is 48.5 Å². The zero-order chi connectivity index (χ0) is 18.1. The minimum atomic E-state index is -0.518. The molecule has 0 spiro atoms. The average Bonchev–Trinajstić information content (AvgIpc) is 3.20. The van der Waals surface area contributed by atoms with Gasteiger partial charge in [-0.25, -0.2) is 4.79 Å². The Morgan fingerprint density at radius 2 is 1.77 bits per heavy atom. The van der Waals surface area contributed by atoms with E-state index in [4.69, 9.17) is 27.9 Å². The van der Waals surface area contributed by atoms with E-state index < -0.39 is 5.97 Å². The van der Waals surface area contributed by atoms with Crippen LogP contribution in [0.25, 0.3) is 16.6 Å². The highest BCUT2D eigenvalue weighted by Crippen LogP contribution is 2.37. The van der Waals surface area contributed by atoms with Crippen molar-refractivity contribution < 1.29 is 9.53 Å². The third-order valence-electron chi connectivity index (χ3n) is 3.93. The number of aromatic nitrogens is 2. The molecule has 2 aromatic carbocycles. The summed E-state index contributed by atoms with van der Waals surface area (Å²) in [5.74, 6) is -0.321. The SMILES string of the molecule is O=C(Oc1c(Cl)cc(Cl)c2cccnc12)c1cccc(-n2cccc2)c1. The van der Waals surface area contributed by atoms with Crippen LogP contribution in [0, 0.1) is 0 Å². The summed E-state index contributed by atoms with van der Waals surface area (Å²) in [6.07, 6.45) is 5.40. The van der Waals surface area contributed by atoms with Gasteiger partial charge in [0.1, 0.15) is 5.52 Å². The average molecular weight is 383 g/mol. The summed E-state index contributed by atoms with van der Waals surface area (Å²) in [6.45, 7) is 0. The lowest BCUT2D eigenvalue weighted by Crippen LogP contribution is -2.10. The Morgan fingerprint density at radius 3 is 2.58 bits per heavy atom. The first-order valence-electron chi connectivity index (χ1n) is 7.82. The van der Waals surface area contributed by atoms with E-state index in [0.29, 0.717) is 21.5 Å². The smallest absolute Gasteiger partial charge is 0.343 e. The second kappa shape index (κ2) is 6.83. The molecule has 0 saturated carbocycles. The molecule has 26 heavy (non-hydrogen) atoms. The van der Waals surface area contributed by atoms with Crippen molar-refractivity contribution in [2.75, 3.05) is 0 Å². The van der Waals surface area contributed by atoms with Crippen LogP contribution in [0.2, 0.25) is 10.0 Å². The van der Waals surface area contributed by atoms with Crippen LogP contribution in [0.4, 0.5) is 0 Å². The highest BCUT2D eigenvalue weighted by Gasteiger charge is 2.17. The minimum absolute atomic E-state index is 0.197. The fourth-order valence-electron chi connectivity index (χ4n) is 2.70. The van der Waals surface area contributed by atoms with E-state index in [0.717, 1.165) is 5.69 Å².